The van der Waals surface area contributed by atoms with Crippen molar-refractivity contribution in [3.63, 3.8) is 0 Å². The number of carbonyl (C=O) groups is 1. The van der Waals surface area contributed by atoms with Gasteiger partial charge in [0.05, 0.1) is 24.1 Å². The lowest BCUT2D eigenvalue weighted by atomic mass is 10.3. The summed E-state index contributed by atoms with van der Waals surface area (Å²) < 4.78 is 6.89. The lowest BCUT2D eigenvalue weighted by Crippen LogP contribution is -2.18. The van der Waals surface area contributed by atoms with Gasteiger partial charge in [0, 0.05) is 22.8 Å². The zero-order chi connectivity index (χ0) is 19.7. The van der Waals surface area contributed by atoms with Crippen LogP contribution in [0.15, 0.2) is 40.3 Å². The molecule has 0 saturated heterocycles. The Morgan fingerprint density at radius 3 is 2.64 bits per heavy atom. The molecular formula is C19H18N6O2S. The summed E-state index contributed by atoms with van der Waals surface area (Å²) in [5, 5.41) is 9.90. The van der Waals surface area contributed by atoms with E-state index in [1.54, 1.807) is 17.0 Å². The number of nitrogens with one attached hydrogen (secondary N) is 1. The minimum absolute atomic E-state index is 0.148. The van der Waals surface area contributed by atoms with Crippen molar-refractivity contribution in [1.29, 1.82) is 0 Å². The molecule has 0 bridgehead atoms. The summed E-state index contributed by atoms with van der Waals surface area (Å²) in [7, 11) is 0. The van der Waals surface area contributed by atoms with Gasteiger partial charge in [0.2, 0.25) is 5.91 Å². The first-order valence-corrected chi connectivity index (χ1v) is 9.53. The highest BCUT2D eigenvalue weighted by Crippen LogP contribution is 2.24. The number of anilines is 1. The van der Waals surface area contributed by atoms with E-state index >= 15 is 0 Å². The van der Waals surface area contributed by atoms with Gasteiger partial charge in [-0.05, 0) is 39.0 Å². The van der Waals surface area contributed by atoms with Crippen LogP contribution in [0.1, 0.15) is 22.8 Å². The number of aromatic nitrogens is 5. The zero-order valence-electron chi connectivity index (χ0n) is 15.6. The highest BCUT2D eigenvalue weighted by molar-refractivity contribution is 7.13. The highest BCUT2D eigenvalue weighted by atomic mass is 32.1. The quantitative estimate of drug-likeness (QED) is 0.556. The molecule has 0 aliphatic rings. The minimum atomic E-state index is -0.193. The monoisotopic (exact) mass is 394 g/mol. The number of rotatable bonds is 5. The summed E-state index contributed by atoms with van der Waals surface area (Å²) in [6.45, 7) is 5.64. The second-order valence-corrected chi connectivity index (χ2v) is 7.24. The third kappa shape index (κ3) is 3.84. The summed E-state index contributed by atoms with van der Waals surface area (Å²) in [5.74, 6) is 1.45. The van der Waals surface area contributed by atoms with Crippen LogP contribution in [0.3, 0.4) is 0 Å². The Hall–Kier alpha value is -3.33. The first-order valence-electron chi connectivity index (χ1n) is 8.65. The van der Waals surface area contributed by atoms with Crippen molar-refractivity contribution >= 4 is 23.1 Å². The predicted octanol–water partition coefficient (Wildman–Crippen LogP) is 3.49. The maximum atomic E-state index is 12.6. The lowest BCUT2D eigenvalue weighted by molar-refractivity contribution is -0.115. The van der Waals surface area contributed by atoms with Gasteiger partial charge < -0.3 is 9.73 Å². The number of nitrogens with zero attached hydrogens (tertiary/aromatic N) is 5. The first-order chi connectivity index (χ1) is 13.5. The average Bonchev–Trinajstić information content (AvgIpc) is 3.34. The molecule has 0 aliphatic carbocycles. The molecule has 0 aliphatic heterocycles. The molecule has 9 heteroatoms. The molecule has 28 heavy (non-hydrogen) atoms. The van der Waals surface area contributed by atoms with Crippen molar-refractivity contribution in [3.8, 4) is 16.7 Å². The maximum absolute atomic E-state index is 12.6. The van der Waals surface area contributed by atoms with Crippen molar-refractivity contribution in [2.24, 2.45) is 0 Å². The molecule has 0 aromatic carbocycles. The van der Waals surface area contributed by atoms with E-state index in [1.807, 2.05) is 44.4 Å². The Morgan fingerprint density at radius 1 is 1.14 bits per heavy atom. The van der Waals surface area contributed by atoms with E-state index in [1.165, 1.54) is 11.3 Å². The molecule has 8 nitrogen and oxygen atoms in total. The zero-order valence-corrected chi connectivity index (χ0v) is 16.4. The van der Waals surface area contributed by atoms with E-state index in [0.717, 1.165) is 22.1 Å². The van der Waals surface area contributed by atoms with E-state index < -0.39 is 0 Å². The second-order valence-electron chi connectivity index (χ2n) is 6.38. The van der Waals surface area contributed by atoms with Gasteiger partial charge in [-0.3, -0.25) is 4.79 Å². The summed E-state index contributed by atoms with van der Waals surface area (Å²) in [6.07, 6.45) is 1.75. The summed E-state index contributed by atoms with van der Waals surface area (Å²) in [4.78, 5) is 25.8. The van der Waals surface area contributed by atoms with Crippen LogP contribution in [-0.2, 0) is 11.2 Å². The standard InChI is InChI=1S/C19H18N6O2S/c1-11-7-12(2)21-19(20-11)25-16(8-13(3)24-25)23-17(26)9-14-10-28-18(22-14)15-5-4-6-27-15/h4-8,10H,9H2,1-3H3,(H,23,26). The van der Waals surface area contributed by atoms with Crippen LogP contribution < -0.4 is 5.32 Å². The van der Waals surface area contributed by atoms with Crippen LogP contribution in [0.4, 0.5) is 5.82 Å². The Bertz CT molecular complexity index is 1110. The van der Waals surface area contributed by atoms with E-state index in [-0.39, 0.29) is 12.3 Å². The number of thiazole rings is 1. The molecule has 0 radical (unpaired) electrons. The third-order valence-corrected chi connectivity index (χ3v) is 4.79. The van der Waals surface area contributed by atoms with E-state index in [0.29, 0.717) is 23.2 Å². The number of hydrogen-bond donors (Lipinski definition) is 1. The number of amides is 1. The molecule has 1 N–H and O–H groups in total. The molecule has 4 rings (SSSR count). The fourth-order valence-corrected chi connectivity index (χ4v) is 3.58. The molecule has 0 saturated carbocycles. The average molecular weight is 394 g/mol. The number of carbonyl (C=O) groups excluding carboxylic acids is 1. The van der Waals surface area contributed by atoms with Crippen LogP contribution in [0, 0.1) is 20.8 Å². The Kier molecular flexibility index (Phi) is 4.74. The third-order valence-electron chi connectivity index (χ3n) is 3.88. The van der Waals surface area contributed by atoms with E-state index in [4.69, 9.17) is 4.42 Å². The largest absolute Gasteiger partial charge is 0.462 e. The second kappa shape index (κ2) is 7.35. The van der Waals surface area contributed by atoms with Gasteiger partial charge in [-0.25, -0.2) is 15.0 Å². The summed E-state index contributed by atoms with van der Waals surface area (Å²) >= 11 is 1.44. The van der Waals surface area contributed by atoms with Crippen LogP contribution in [0.25, 0.3) is 16.7 Å². The van der Waals surface area contributed by atoms with Crippen molar-refractivity contribution in [2.75, 3.05) is 5.32 Å². The van der Waals surface area contributed by atoms with Gasteiger partial charge in [-0.1, -0.05) is 0 Å². The molecule has 4 heterocycles. The number of aryl methyl sites for hydroxylation is 3. The predicted molar refractivity (Wildman–Crippen MR) is 106 cm³/mol. The molecule has 4 aromatic rings. The summed E-state index contributed by atoms with van der Waals surface area (Å²) in [5.41, 5.74) is 3.10. The minimum Gasteiger partial charge on any atom is -0.462 e. The number of hydrogen-bond acceptors (Lipinski definition) is 7. The Morgan fingerprint density at radius 2 is 1.93 bits per heavy atom. The Labute approximate surface area is 165 Å². The smallest absolute Gasteiger partial charge is 0.252 e. The van der Waals surface area contributed by atoms with E-state index in [2.05, 4.69) is 25.4 Å². The molecule has 0 atom stereocenters. The van der Waals surface area contributed by atoms with Gasteiger partial charge in [0.25, 0.3) is 5.95 Å². The Balaban J connectivity index is 1.52. The summed E-state index contributed by atoms with van der Waals surface area (Å²) in [6, 6.07) is 7.32. The maximum Gasteiger partial charge on any atom is 0.252 e. The molecule has 0 spiro atoms. The molecule has 0 fully saturated rings. The van der Waals surface area contributed by atoms with E-state index in [9.17, 15) is 4.79 Å². The highest BCUT2D eigenvalue weighted by Gasteiger charge is 2.15. The lowest BCUT2D eigenvalue weighted by Gasteiger charge is -2.08. The van der Waals surface area contributed by atoms with Gasteiger partial charge in [-0.2, -0.15) is 9.78 Å². The van der Waals surface area contributed by atoms with Gasteiger partial charge in [0.1, 0.15) is 5.82 Å². The molecule has 142 valence electrons. The van der Waals surface area contributed by atoms with Crippen molar-refractivity contribution in [3.05, 3.63) is 58.7 Å². The van der Waals surface area contributed by atoms with Gasteiger partial charge in [-0.15, -0.1) is 11.3 Å². The fraction of sp³-hybridized carbons (Fsp3) is 0.211. The van der Waals surface area contributed by atoms with Crippen LogP contribution in [-0.4, -0.2) is 30.6 Å². The topological polar surface area (TPSA) is 98.7 Å². The van der Waals surface area contributed by atoms with Gasteiger partial charge >= 0.3 is 0 Å². The molecule has 1 amide bonds. The van der Waals surface area contributed by atoms with Crippen molar-refractivity contribution < 1.29 is 9.21 Å². The van der Waals surface area contributed by atoms with Crippen molar-refractivity contribution in [2.45, 2.75) is 27.2 Å². The fourth-order valence-electron chi connectivity index (χ4n) is 2.80. The normalized spacial score (nSPS) is 11.0. The molecule has 0 unspecified atom stereocenters. The first kappa shape index (κ1) is 18.1. The van der Waals surface area contributed by atoms with Crippen molar-refractivity contribution in [1.82, 2.24) is 24.7 Å². The van der Waals surface area contributed by atoms with Crippen LogP contribution in [0.5, 0.6) is 0 Å². The van der Waals surface area contributed by atoms with Gasteiger partial charge in [0.15, 0.2) is 10.8 Å². The van der Waals surface area contributed by atoms with Crippen LogP contribution >= 0.6 is 11.3 Å². The van der Waals surface area contributed by atoms with Crippen LogP contribution in [0.2, 0.25) is 0 Å². The SMILES string of the molecule is Cc1cc(C)nc(-n2nc(C)cc2NC(=O)Cc2csc(-c3ccco3)n2)n1. The molecular weight excluding hydrogens is 376 g/mol. The molecule has 4 aromatic heterocycles. The number of furan rings is 1.